The number of pyridine rings is 1. The number of nitrogens with zero attached hydrogens (tertiary/aromatic N) is 2. The molecule has 4 nitrogen and oxygen atoms in total. The summed E-state index contributed by atoms with van der Waals surface area (Å²) in [5, 5.41) is 0.929. The number of hydrogen-bond donors (Lipinski definition) is 0. The quantitative estimate of drug-likeness (QED) is 0.390. The van der Waals surface area contributed by atoms with Crippen molar-refractivity contribution < 1.29 is 13.6 Å². The van der Waals surface area contributed by atoms with Crippen LogP contribution in [0.3, 0.4) is 0 Å². The maximum Gasteiger partial charge on any atom is 0.145 e. The summed E-state index contributed by atoms with van der Waals surface area (Å²) in [6.07, 6.45) is 13.7. The van der Waals surface area contributed by atoms with Gasteiger partial charge < -0.3 is 4.42 Å². The van der Waals surface area contributed by atoms with E-state index in [2.05, 4.69) is 16.0 Å². The molecule has 34 heavy (non-hydrogen) atoms. The van der Waals surface area contributed by atoms with Gasteiger partial charge >= 0.3 is 0 Å². The minimum absolute atomic E-state index is 0.148. The molecule has 0 N–H and O–H groups in total. The van der Waals surface area contributed by atoms with Gasteiger partial charge in [-0.3, -0.25) is 14.7 Å². The van der Waals surface area contributed by atoms with Gasteiger partial charge in [0.25, 0.3) is 0 Å². The Morgan fingerprint density at radius 1 is 1.12 bits per heavy atom. The number of ketones is 1. The van der Waals surface area contributed by atoms with Crippen molar-refractivity contribution in [3.63, 3.8) is 0 Å². The van der Waals surface area contributed by atoms with E-state index in [-0.39, 0.29) is 17.7 Å². The van der Waals surface area contributed by atoms with E-state index >= 15 is 0 Å². The fourth-order valence-electron chi connectivity index (χ4n) is 5.66. The van der Waals surface area contributed by atoms with Crippen molar-refractivity contribution in [2.75, 3.05) is 19.6 Å². The Morgan fingerprint density at radius 3 is 2.82 bits per heavy atom. The molecule has 2 aromatic heterocycles. The molecule has 0 saturated heterocycles. The lowest BCUT2D eigenvalue weighted by atomic mass is 9.79. The first-order valence-electron chi connectivity index (χ1n) is 12.7. The highest BCUT2D eigenvalue weighted by atomic mass is 19.1. The summed E-state index contributed by atoms with van der Waals surface area (Å²) in [4.78, 5) is 20.4. The van der Waals surface area contributed by atoms with Crippen LogP contribution in [0, 0.1) is 11.7 Å². The Kier molecular flexibility index (Phi) is 7.19. The maximum absolute atomic E-state index is 14.8. The molecule has 1 aromatic carbocycles. The van der Waals surface area contributed by atoms with Gasteiger partial charge in [0, 0.05) is 24.0 Å². The van der Waals surface area contributed by atoms with E-state index in [1.807, 2.05) is 24.3 Å². The molecule has 1 aliphatic carbocycles. The monoisotopic (exact) mass is 460 g/mol. The summed E-state index contributed by atoms with van der Waals surface area (Å²) in [6.45, 7) is 2.51. The van der Waals surface area contributed by atoms with Crippen LogP contribution in [0.5, 0.6) is 0 Å². The Hall–Kier alpha value is -2.79. The summed E-state index contributed by atoms with van der Waals surface area (Å²) in [6, 6.07) is 11.1. The largest absolute Gasteiger partial charge is 0.464 e. The van der Waals surface area contributed by atoms with Gasteiger partial charge in [0.2, 0.25) is 0 Å². The van der Waals surface area contributed by atoms with Gasteiger partial charge in [-0.1, -0.05) is 31.4 Å². The molecule has 0 spiro atoms. The van der Waals surface area contributed by atoms with E-state index in [1.165, 1.54) is 12.5 Å². The molecular formula is C29H33FN2O2. The van der Waals surface area contributed by atoms with Crippen LogP contribution in [0.4, 0.5) is 4.39 Å². The lowest BCUT2D eigenvalue weighted by Crippen LogP contribution is -2.30. The molecule has 3 aromatic rings. The van der Waals surface area contributed by atoms with E-state index in [0.29, 0.717) is 16.9 Å². The molecule has 0 radical (unpaired) electrons. The first kappa shape index (κ1) is 23.0. The number of allylic oxidation sites excluding steroid dienone is 1. The third kappa shape index (κ3) is 5.00. The van der Waals surface area contributed by atoms with E-state index < -0.39 is 0 Å². The van der Waals surface area contributed by atoms with Crippen LogP contribution >= 0.6 is 0 Å². The number of furan rings is 1. The standard InChI is InChI=1S/C29H33FN2O2/c30-25-12-11-23-15-20-34-29(23)27(25)21-9-6-17-32(18-13-21)19-14-24(26-10-4-5-16-31-26)28(33)22-7-2-1-3-8-22/h4-5,10-13,15-16,20,22,24H,1-3,6-9,14,17-19H2. The lowest BCUT2D eigenvalue weighted by Gasteiger charge is -2.27. The second-order valence-corrected chi connectivity index (χ2v) is 9.73. The van der Waals surface area contributed by atoms with E-state index in [1.54, 1.807) is 18.5 Å². The summed E-state index contributed by atoms with van der Waals surface area (Å²) >= 11 is 0. The number of rotatable bonds is 7. The predicted molar refractivity (Wildman–Crippen MR) is 133 cm³/mol. The zero-order valence-electron chi connectivity index (χ0n) is 19.7. The maximum atomic E-state index is 14.8. The van der Waals surface area contributed by atoms with Crippen molar-refractivity contribution in [2.24, 2.45) is 5.92 Å². The third-order valence-corrected chi connectivity index (χ3v) is 7.54. The van der Waals surface area contributed by atoms with Crippen molar-refractivity contribution in [3.8, 4) is 0 Å². The van der Waals surface area contributed by atoms with Gasteiger partial charge in [0.15, 0.2) is 0 Å². The summed E-state index contributed by atoms with van der Waals surface area (Å²) in [5.41, 5.74) is 3.15. The number of carbonyl (C=O) groups is 1. The summed E-state index contributed by atoms with van der Waals surface area (Å²) < 4.78 is 20.4. The number of benzene rings is 1. The molecule has 1 atom stereocenters. The van der Waals surface area contributed by atoms with E-state index in [9.17, 15) is 9.18 Å². The Balaban J connectivity index is 1.30. The van der Waals surface area contributed by atoms with Crippen LogP contribution in [-0.2, 0) is 4.79 Å². The smallest absolute Gasteiger partial charge is 0.145 e. The van der Waals surface area contributed by atoms with Crippen molar-refractivity contribution >= 4 is 22.3 Å². The SMILES string of the molecule is O=C(C1CCCCC1)C(CCN1CC=C(c2c(F)ccc3ccoc23)CCC1)c1ccccn1. The topological polar surface area (TPSA) is 46.3 Å². The highest BCUT2D eigenvalue weighted by Gasteiger charge is 2.30. The van der Waals surface area contributed by atoms with Crippen LogP contribution in [-0.4, -0.2) is 35.3 Å². The third-order valence-electron chi connectivity index (χ3n) is 7.54. The molecule has 5 heteroatoms. The van der Waals surface area contributed by atoms with Gasteiger partial charge in [0.05, 0.1) is 23.4 Å². The highest BCUT2D eigenvalue weighted by Crippen LogP contribution is 2.34. The molecule has 1 fully saturated rings. The van der Waals surface area contributed by atoms with Crippen molar-refractivity contribution in [3.05, 3.63) is 72.0 Å². The highest BCUT2D eigenvalue weighted by molar-refractivity contribution is 5.90. The molecule has 5 rings (SSSR count). The number of Topliss-reactive ketones (excluding diaryl/α,β-unsaturated/α-hetero) is 1. The fraction of sp³-hybridized carbons (Fsp3) is 0.448. The minimum Gasteiger partial charge on any atom is -0.464 e. The normalized spacial score (nSPS) is 19.0. The molecule has 1 aliphatic heterocycles. The molecule has 2 aliphatic rings. The first-order valence-corrected chi connectivity index (χ1v) is 12.7. The fourth-order valence-corrected chi connectivity index (χ4v) is 5.66. The molecule has 0 bridgehead atoms. The van der Waals surface area contributed by atoms with Gasteiger partial charge in [-0.2, -0.15) is 0 Å². The number of aromatic nitrogens is 1. The van der Waals surface area contributed by atoms with Crippen LogP contribution in [0.2, 0.25) is 0 Å². The molecular weight excluding hydrogens is 427 g/mol. The van der Waals surface area contributed by atoms with Gasteiger partial charge in [-0.15, -0.1) is 0 Å². The van der Waals surface area contributed by atoms with E-state index in [4.69, 9.17) is 4.42 Å². The van der Waals surface area contributed by atoms with Gasteiger partial charge in [-0.05, 0) is 81.1 Å². The van der Waals surface area contributed by atoms with Gasteiger partial charge in [0.1, 0.15) is 17.2 Å². The van der Waals surface area contributed by atoms with Crippen LogP contribution in [0.1, 0.15) is 68.5 Å². The Labute approximate surface area is 200 Å². The molecule has 1 saturated carbocycles. The summed E-state index contributed by atoms with van der Waals surface area (Å²) in [7, 11) is 0. The zero-order valence-corrected chi connectivity index (χ0v) is 19.7. The number of carbonyl (C=O) groups excluding carboxylic acids is 1. The van der Waals surface area contributed by atoms with Crippen LogP contribution < -0.4 is 0 Å². The van der Waals surface area contributed by atoms with Crippen molar-refractivity contribution in [2.45, 2.75) is 57.3 Å². The molecule has 1 unspecified atom stereocenters. The lowest BCUT2D eigenvalue weighted by molar-refractivity contribution is -0.125. The van der Waals surface area contributed by atoms with Crippen molar-refractivity contribution in [1.82, 2.24) is 9.88 Å². The molecule has 3 heterocycles. The Morgan fingerprint density at radius 2 is 2.00 bits per heavy atom. The number of hydrogen-bond acceptors (Lipinski definition) is 4. The van der Waals surface area contributed by atoms with Crippen molar-refractivity contribution in [1.29, 1.82) is 0 Å². The predicted octanol–water partition coefficient (Wildman–Crippen LogP) is 6.77. The molecule has 178 valence electrons. The average molecular weight is 461 g/mol. The van der Waals surface area contributed by atoms with Crippen LogP contribution in [0.15, 0.2) is 59.4 Å². The zero-order chi connectivity index (χ0) is 23.3. The second-order valence-electron chi connectivity index (χ2n) is 9.73. The van der Waals surface area contributed by atoms with Crippen LogP contribution in [0.25, 0.3) is 16.5 Å². The second kappa shape index (κ2) is 10.6. The van der Waals surface area contributed by atoms with E-state index in [0.717, 1.165) is 81.2 Å². The first-order chi connectivity index (χ1) is 16.7. The average Bonchev–Trinajstić information content (AvgIpc) is 3.24. The number of halogens is 1. The Bertz CT molecular complexity index is 1150. The van der Waals surface area contributed by atoms with Gasteiger partial charge in [-0.25, -0.2) is 4.39 Å². The summed E-state index contributed by atoms with van der Waals surface area (Å²) in [5.74, 6) is 0.171. The molecule has 0 amide bonds. The number of fused-ring (bicyclic) bond motifs is 1. The minimum atomic E-state index is -0.226.